The molecule has 6 N–H and O–H groups in total. The summed E-state index contributed by atoms with van der Waals surface area (Å²) in [6, 6.07) is -3.57. The van der Waals surface area contributed by atoms with Crippen molar-refractivity contribution < 1.29 is 24.3 Å². The van der Waals surface area contributed by atoms with Crippen LogP contribution in [0.15, 0.2) is 0 Å². The topological polar surface area (TPSA) is 151 Å². The molecule has 0 saturated carbocycles. The number of rotatable bonds is 14. The fourth-order valence-corrected chi connectivity index (χ4v) is 3.31. The minimum absolute atomic E-state index is 0.112. The van der Waals surface area contributed by atoms with Gasteiger partial charge < -0.3 is 26.8 Å². The molecule has 5 atom stereocenters. The fourth-order valence-electron chi connectivity index (χ4n) is 3.31. The zero-order valence-corrected chi connectivity index (χ0v) is 20.9. The second-order valence-corrected chi connectivity index (χ2v) is 9.87. The van der Waals surface area contributed by atoms with Crippen LogP contribution in [-0.2, 0) is 19.2 Å². The van der Waals surface area contributed by atoms with Gasteiger partial charge in [0.25, 0.3) is 0 Å². The first-order valence-electron chi connectivity index (χ1n) is 11.6. The summed E-state index contributed by atoms with van der Waals surface area (Å²) < 4.78 is 0. The molecule has 0 rings (SSSR count). The SMILES string of the molecule is CCC(C)C(NC(=O)C(NC(=O)C(CC(C)C)NC(=O)C(N)CC(C)C)C(C)C)C(=O)O. The number of hydrogen-bond donors (Lipinski definition) is 5. The number of aliphatic carboxylic acids is 1. The largest absolute Gasteiger partial charge is 0.480 e. The van der Waals surface area contributed by atoms with E-state index in [-0.39, 0.29) is 23.7 Å². The van der Waals surface area contributed by atoms with Crippen molar-refractivity contribution in [1.82, 2.24) is 16.0 Å². The van der Waals surface area contributed by atoms with Crippen molar-refractivity contribution in [2.24, 2.45) is 29.4 Å². The number of amides is 3. The first kappa shape index (κ1) is 29.8. The van der Waals surface area contributed by atoms with Gasteiger partial charge in [0.15, 0.2) is 0 Å². The monoisotopic (exact) mass is 456 g/mol. The molecule has 0 spiro atoms. The number of carbonyl (C=O) groups excluding carboxylic acids is 3. The normalized spacial score (nSPS) is 16.2. The lowest BCUT2D eigenvalue weighted by molar-refractivity contribution is -0.144. The highest BCUT2D eigenvalue weighted by Gasteiger charge is 2.33. The van der Waals surface area contributed by atoms with E-state index in [0.29, 0.717) is 19.3 Å². The average Bonchev–Trinajstić information content (AvgIpc) is 2.67. The molecule has 9 nitrogen and oxygen atoms in total. The lowest BCUT2D eigenvalue weighted by Crippen LogP contribution is -2.59. The predicted octanol–water partition coefficient (Wildman–Crippen LogP) is 1.65. The number of carboxylic acids is 1. The summed E-state index contributed by atoms with van der Waals surface area (Å²) in [6.45, 7) is 14.9. The molecule has 0 heterocycles. The maximum absolute atomic E-state index is 13.0. The average molecular weight is 457 g/mol. The molecule has 0 aliphatic heterocycles. The smallest absolute Gasteiger partial charge is 0.326 e. The summed E-state index contributed by atoms with van der Waals surface area (Å²) in [5, 5.41) is 17.4. The highest BCUT2D eigenvalue weighted by molar-refractivity contribution is 5.94. The minimum atomic E-state index is -1.12. The Morgan fingerprint density at radius 2 is 1.25 bits per heavy atom. The molecule has 186 valence electrons. The second kappa shape index (κ2) is 14.1. The molecule has 0 aromatic rings. The summed E-state index contributed by atoms with van der Waals surface area (Å²) in [6.07, 6.45) is 1.45. The molecule has 0 fully saturated rings. The molecular weight excluding hydrogens is 412 g/mol. The van der Waals surface area contributed by atoms with Gasteiger partial charge in [0.05, 0.1) is 6.04 Å². The van der Waals surface area contributed by atoms with E-state index in [1.54, 1.807) is 20.8 Å². The van der Waals surface area contributed by atoms with E-state index in [1.165, 1.54) is 0 Å². The Hall–Kier alpha value is -2.16. The molecule has 5 unspecified atom stereocenters. The number of nitrogens with one attached hydrogen (secondary N) is 3. The van der Waals surface area contributed by atoms with Gasteiger partial charge >= 0.3 is 5.97 Å². The van der Waals surface area contributed by atoms with Crippen molar-refractivity contribution in [3.05, 3.63) is 0 Å². The van der Waals surface area contributed by atoms with E-state index in [4.69, 9.17) is 5.73 Å². The third-order valence-corrected chi connectivity index (χ3v) is 5.43. The van der Waals surface area contributed by atoms with Crippen LogP contribution in [0.2, 0.25) is 0 Å². The Balaban J connectivity index is 5.46. The van der Waals surface area contributed by atoms with Gasteiger partial charge in [0.2, 0.25) is 17.7 Å². The van der Waals surface area contributed by atoms with Crippen LogP contribution in [0.1, 0.15) is 74.7 Å². The van der Waals surface area contributed by atoms with Crippen molar-refractivity contribution in [3.63, 3.8) is 0 Å². The van der Waals surface area contributed by atoms with E-state index in [2.05, 4.69) is 16.0 Å². The summed E-state index contributed by atoms with van der Waals surface area (Å²) in [4.78, 5) is 50.0. The Bertz CT molecular complexity index is 636. The molecule has 32 heavy (non-hydrogen) atoms. The van der Waals surface area contributed by atoms with Gasteiger partial charge in [0, 0.05) is 0 Å². The quantitative estimate of drug-likeness (QED) is 0.268. The standard InChI is InChI=1S/C23H44N4O5/c1-9-15(8)19(23(31)32)27-22(30)18(14(6)7)26-21(29)17(11-13(4)5)25-20(28)16(24)10-12(2)3/h12-19H,9-11,24H2,1-8H3,(H,25,28)(H,26,29)(H,27,30)(H,31,32). The van der Waals surface area contributed by atoms with Gasteiger partial charge in [-0.05, 0) is 36.5 Å². The Morgan fingerprint density at radius 1 is 0.750 bits per heavy atom. The molecule has 0 bridgehead atoms. The highest BCUT2D eigenvalue weighted by Crippen LogP contribution is 2.12. The van der Waals surface area contributed by atoms with Crippen molar-refractivity contribution >= 4 is 23.7 Å². The number of hydrogen-bond acceptors (Lipinski definition) is 5. The lowest BCUT2D eigenvalue weighted by Gasteiger charge is -2.28. The zero-order chi connectivity index (χ0) is 25.2. The van der Waals surface area contributed by atoms with Crippen LogP contribution >= 0.6 is 0 Å². The lowest BCUT2D eigenvalue weighted by atomic mass is 9.96. The molecule has 9 heteroatoms. The van der Waals surface area contributed by atoms with Crippen LogP contribution in [-0.4, -0.2) is 53.0 Å². The summed E-state index contributed by atoms with van der Waals surface area (Å²) >= 11 is 0. The molecule has 0 aromatic heterocycles. The Morgan fingerprint density at radius 3 is 1.66 bits per heavy atom. The predicted molar refractivity (Wildman–Crippen MR) is 125 cm³/mol. The molecule has 0 aliphatic rings. The van der Waals surface area contributed by atoms with Gasteiger partial charge in [0.1, 0.15) is 18.1 Å². The van der Waals surface area contributed by atoms with E-state index in [9.17, 15) is 24.3 Å². The Kier molecular flexibility index (Phi) is 13.1. The van der Waals surface area contributed by atoms with E-state index >= 15 is 0 Å². The summed E-state index contributed by atoms with van der Waals surface area (Å²) in [5.41, 5.74) is 5.96. The van der Waals surface area contributed by atoms with Crippen LogP contribution < -0.4 is 21.7 Å². The first-order valence-corrected chi connectivity index (χ1v) is 11.6. The third-order valence-electron chi connectivity index (χ3n) is 5.43. The van der Waals surface area contributed by atoms with E-state index in [1.807, 2.05) is 34.6 Å². The minimum Gasteiger partial charge on any atom is -0.480 e. The van der Waals surface area contributed by atoms with Crippen LogP contribution in [0.4, 0.5) is 0 Å². The zero-order valence-electron chi connectivity index (χ0n) is 20.9. The van der Waals surface area contributed by atoms with Gasteiger partial charge in [-0.15, -0.1) is 0 Å². The van der Waals surface area contributed by atoms with Crippen LogP contribution in [0, 0.1) is 23.7 Å². The molecule has 0 aliphatic carbocycles. The van der Waals surface area contributed by atoms with Gasteiger partial charge in [-0.2, -0.15) is 0 Å². The molecule has 0 radical (unpaired) electrons. The molecular formula is C23H44N4O5. The molecule has 3 amide bonds. The number of nitrogens with two attached hydrogens (primary N) is 1. The van der Waals surface area contributed by atoms with Crippen LogP contribution in [0.5, 0.6) is 0 Å². The molecule has 0 aromatic carbocycles. The van der Waals surface area contributed by atoms with E-state index < -0.39 is 47.9 Å². The van der Waals surface area contributed by atoms with Crippen LogP contribution in [0.25, 0.3) is 0 Å². The summed E-state index contributed by atoms with van der Waals surface area (Å²) in [5.74, 6) is -2.80. The fraction of sp³-hybridized carbons (Fsp3) is 0.826. The van der Waals surface area contributed by atoms with Gasteiger partial charge in [-0.3, -0.25) is 14.4 Å². The number of carbonyl (C=O) groups is 4. The third kappa shape index (κ3) is 10.4. The van der Waals surface area contributed by atoms with E-state index in [0.717, 1.165) is 0 Å². The highest BCUT2D eigenvalue weighted by atomic mass is 16.4. The van der Waals surface area contributed by atoms with Crippen molar-refractivity contribution in [2.75, 3.05) is 0 Å². The Labute approximate surface area is 192 Å². The maximum Gasteiger partial charge on any atom is 0.326 e. The maximum atomic E-state index is 13.0. The van der Waals surface area contributed by atoms with Gasteiger partial charge in [-0.25, -0.2) is 4.79 Å². The van der Waals surface area contributed by atoms with Crippen LogP contribution in [0.3, 0.4) is 0 Å². The summed E-state index contributed by atoms with van der Waals surface area (Å²) in [7, 11) is 0. The van der Waals surface area contributed by atoms with Crippen molar-refractivity contribution in [3.8, 4) is 0 Å². The number of carboxylic acid groups (broad SMARTS) is 1. The van der Waals surface area contributed by atoms with Crippen molar-refractivity contribution in [1.29, 1.82) is 0 Å². The van der Waals surface area contributed by atoms with Gasteiger partial charge in [-0.1, -0.05) is 61.8 Å². The second-order valence-electron chi connectivity index (χ2n) is 9.87. The van der Waals surface area contributed by atoms with Crippen molar-refractivity contribution in [2.45, 2.75) is 98.8 Å². The molecule has 0 saturated heterocycles. The first-order chi connectivity index (χ1) is 14.7.